The molecular formula is C37H44O8. The number of fused-ring (bicyclic) bond motifs is 4. The van der Waals surface area contributed by atoms with Crippen LogP contribution in [0.25, 0.3) is 6.08 Å². The minimum Gasteiger partial charge on any atom is -0.472 e. The molecule has 2 N–H and O–H groups in total. The lowest BCUT2D eigenvalue weighted by molar-refractivity contribution is -0.268. The van der Waals surface area contributed by atoms with Crippen LogP contribution in [0, 0.1) is 33.5 Å². The topological polar surface area (TPSA) is 115 Å². The van der Waals surface area contributed by atoms with Crippen molar-refractivity contribution in [3.8, 4) is 0 Å². The van der Waals surface area contributed by atoms with Crippen molar-refractivity contribution in [3.05, 3.63) is 77.8 Å². The summed E-state index contributed by atoms with van der Waals surface area (Å²) in [5.41, 5.74) is 0.210. The molecule has 1 aliphatic heterocycles. The maximum atomic E-state index is 13.4. The smallest absolute Gasteiger partial charge is 0.331 e. The molecular weight excluding hydrogens is 572 g/mol. The Labute approximate surface area is 264 Å². The van der Waals surface area contributed by atoms with Crippen molar-refractivity contribution in [3.63, 3.8) is 0 Å². The number of aliphatic hydroxyl groups excluding tert-OH is 2. The van der Waals surface area contributed by atoms with E-state index in [0.29, 0.717) is 19.4 Å². The zero-order valence-corrected chi connectivity index (χ0v) is 26.6. The van der Waals surface area contributed by atoms with E-state index in [-0.39, 0.29) is 30.1 Å². The highest BCUT2D eigenvalue weighted by atomic mass is 16.6. The predicted molar refractivity (Wildman–Crippen MR) is 165 cm³/mol. The Bertz CT molecular complexity index is 1530. The fourth-order valence-electron chi connectivity index (χ4n) is 10.8. The van der Waals surface area contributed by atoms with E-state index in [1.54, 1.807) is 18.6 Å². The number of hydrogen-bond donors (Lipinski definition) is 2. The van der Waals surface area contributed by atoms with Gasteiger partial charge in [-0.2, -0.15) is 0 Å². The molecule has 0 bridgehead atoms. The summed E-state index contributed by atoms with van der Waals surface area (Å²) >= 11 is 0. The Morgan fingerprint density at radius 2 is 1.73 bits per heavy atom. The molecule has 1 saturated heterocycles. The summed E-state index contributed by atoms with van der Waals surface area (Å²) < 4.78 is 24.5. The van der Waals surface area contributed by atoms with Gasteiger partial charge in [0.2, 0.25) is 0 Å². The van der Waals surface area contributed by atoms with Crippen LogP contribution < -0.4 is 0 Å². The van der Waals surface area contributed by atoms with Crippen molar-refractivity contribution in [2.45, 2.75) is 90.3 Å². The molecule has 2 aromatic rings. The number of esters is 2. The SMILES string of the molecule is CC(=O)O[C@H]1C[C@H]2[C@](C)(C3=CC[C@@H](c4ccoc4)[C@@]31C)[C@H](O)[C@@H]1OC[C@]3(C)[C@H](O)C[C@H](OC(=O)C=Cc4ccccc4)[C@@]2(C)[C@@H]13. The van der Waals surface area contributed by atoms with Crippen LogP contribution in [-0.4, -0.2) is 59.3 Å². The number of hydrogen-bond acceptors (Lipinski definition) is 8. The van der Waals surface area contributed by atoms with Crippen LogP contribution in [0.1, 0.15) is 70.9 Å². The van der Waals surface area contributed by atoms with Gasteiger partial charge >= 0.3 is 11.9 Å². The lowest BCUT2D eigenvalue weighted by atomic mass is 9.36. The second-order valence-corrected chi connectivity index (χ2v) is 14.9. The molecule has 0 spiro atoms. The predicted octanol–water partition coefficient (Wildman–Crippen LogP) is 5.45. The van der Waals surface area contributed by atoms with E-state index in [0.717, 1.165) is 16.7 Å². The lowest BCUT2D eigenvalue weighted by Gasteiger charge is -2.69. The minimum absolute atomic E-state index is 0.00852. The second-order valence-electron chi connectivity index (χ2n) is 14.9. The minimum atomic E-state index is -0.881. The Hall–Kier alpha value is -3.20. The number of benzene rings is 1. The molecule has 7 rings (SSSR count). The highest BCUT2D eigenvalue weighted by molar-refractivity contribution is 5.87. The van der Waals surface area contributed by atoms with E-state index in [2.05, 4.69) is 26.8 Å². The molecule has 3 saturated carbocycles. The van der Waals surface area contributed by atoms with E-state index in [4.69, 9.17) is 18.6 Å². The lowest BCUT2D eigenvalue weighted by Crippen LogP contribution is -2.74. The Morgan fingerprint density at radius 1 is 0.978 bits per heavy atom. The van der Waals surface area contributed by atoms with Crippen LogP contribution in [0.15, 0.2) is 71.1 Å². The molecule has 4 fully saturated rings. The highest BCUT2D eigenvalue weighted by Crippen LogP contribution is 2.75. The van der Waals surface area contributed by atoms with E-state index >= 15 is 0 Å². The molecule has 0 amide bonds. The van der Waals surface area contributed by atoms with Crippen molar-refractivity contribution in [2.24, 2.45) is 33.5 Å². The van der Waals surface area contributed by atoms with Crippen LogP contribution in [-0.2, 0) is 23.8 Å². The fraction of sp³-hybridized carbons (Fsp3) is 0.568. The molecule has 5 aliphatic rings. The van der Waals surface area contributed by atoms with Gasteiger partial charge in [-0.1, -0.05) is 69.7 Å². The van der Waals surface area contributed by atoms with Crippen LogP contribution in [0.4, 0.5) is 0 Å². The second kappa shape index (κ2) is 10.4. The summed E-state index contributed by atoms with van der Waals surface area (Å²) in [6.45, 7) is 10.2. The zero-order chi connectivity index (χ0) is 31.9. The van der Waals surface area contributed by atoms with E-state index in [1.165, 1.54) is 13.0 Å². The van der Waals surface area contributed by atoms with Gasteiger partial charge < -0.3 is 28.8 Å². The first-order valence-electron chi connectivity index (χ1n) is 16.2. The van der Waals surface area contributed by atoms with Gasteiger partial charge in [-0.05, 0) is 42.0 Å². The van der Waals surface area contributed by atoms with E-state index in [1.807, 2.05) is 43.3 Å². The molecule has 45 heavy (non-hydrogen) atoms. The first kappa shape index (κ1) is 30.5. The quantitative estimate of drug-likeness (QED) is 0.259. The maximum Gasteiger partial charge on any atom is 0.331 e. The monoisotopic (exact) mass is 616 g/mol. The molecule has 0 radical (unpaired) electrons. The number of aliphatic hydroxyl groups is 2. The first-order valence-corrected chi connectivity index (χ1v) is 16.2. The van der Waals surface area contributed by atoms with Crippen molar-refractivity contribution in [1.82, 2.24) is 0 Å². The van der Waals surface area contributed by atoms with Gasteiger partial charge in [-0.25, -0.2) is 4.79 Å². The van der Waals surface area contributed by atoms with Crippen molar-refractivity contribution in [1.29, 1.82) is 0 Å². The summed E-state index contributed by atoms with van der Waals surface area (Å²) in [7, 11) is 0. The summed E-state index contributed by atoms with van der Waals surface area (Å²) in [4.78, 5) is 26.1. The largest absolute Gasteiger partial charge is 0.472 e. The normalized spacial score (nSPS) is 44.9. The number of carbonyl (C=O) groups excluding carboxylic acids is 2. The number of rotatable bonds is 5. The number of ether oxygens (including phenoxy) is 3. The number of carbonyl (C=O) groups is 2. The number of allylic oxidation sites excluding steroid dienone is 1. The first-order chi connectivity index (χ1) is 21.4. The van der Waals surface area contributed by atoms with Crippen molar-refractivity contribution < 1.29 is 38.4 Å². The average Bonchev–Trinajstić information content (AvgIpc) is 3.74. The third-order valence-electron chi connectivity index (χ3n) is 12.9. The molecule has 1 aromatic carbocycles. The van der Waals surface area contributed by atoms with Gasteiger partial charge in [0.15, 0.2) is 0 Å². The maximum absolute atomic E-state index is 13.4. The summed E-state index contributed by atoms with van der Waals surface area (Å²) in [6, 6.07) is 11.5. The van der Waals surface area contributed by atoms with Gasteiger partial charge in [0.1, 0.15) is 12.2 Å². The summed E-state index contributed by atoms with van der Waals surface area (Å²) in [5, 5.41) is 24.0. The van der Waals surface area contributed by atoms with Crippen LogP contribution in [0.5, 0.6) is 0 Å². The standard InChI is InChI=1S/C37H44O8/c1-21(38)44-28-17-26-36(4,25-13-12-24(35(25,28)3)23-15-16-42-19-23)33(41)31-32-34(2,20-43-31)27(39)18-29(37(26,32)5)45-30(40)14-11-22-9-7-6-8-10-22/h6-11,13-16,19,24,26-29,31-33,39,41H,12,17-18,20H2,1-5H3/t24-,26-,27+,28-,29-,31+,32-,33+,34+,35-,36-,37-/m0/s1. The van der Waals surface area contributed by atoms with Gasteiger partial charge in [0.05, 0.1) is 37.4 Å². The van der Waals surface area contributed by atoms with E-state index in [9.17, 15) is 19.8 Å². The molecule has 1 aromatic heterocycles. The van der Waals surface area contributed by atoms with E-state index < -0.39 is 58.1 Å². The molecule has 4 aliphatic carbocycles. The molecule has 2 heterocycles. The average molecular weight is 617 g/mol. The van der Waals surface area contributed by atoms with Crippen molar-refractivity contribution >= 4 is 18.0 Å². The van der Waals surface area contributed by atoms with Gasteiger partial charge in [0.25, 0.3) is 0 Å². The third-order valence-corrected chi connectivity index (χ3v) is 12.9. The van der Waals surface area contributed by atoms with Crippen LogP contribution in [0.2, 0.25) is 0 Å². The van der Waals surface area contributed by atoms with Crippen molar-refractivity contribution in [2.75, 3.05) is 6.61 Å². The summed E-state index contributed by atoms with van der Waals surface area (Å²) in [5.74, 6) is -1.40. The highest BCUT2D eigenvalue weighted by Gasteiger charge is 2.78. The number of furan rings is 1. The molecule has 8 heteroatoms. The Morgan fingerprint density at radius 3 is 2.42 bits per heavy atom. The molecule has 240 valence electrons. The van der Waals surface area contributed by atoms with Gasteiger partial charge in [-0.15, -0.1) is 0 Å². The van der Waals surface area contributed by atoms with Crippen LogP contribution in [0.3, 0.4) is 0 Å². The Balaban J connectivity index is 1.33. The fourth-order valence-corrected chi connectivity index (χ4v) is 10.8. The zero-order valence-electron chi connectivity index (χ0n) is 26.6. The molecule has 12 atom stereocenters. The van der Waals surface area contributed by atoms with Gasteiger partial charge in [0, 0.05) is 52.9 Å². The third kappa shape index (κ3) is 4.14. The Kier molecular flexibility index (Phi) is 7.04. The van der Waals surface area contributed by atoms with Gasteiger partial charge in [-0.3, -0.25) is 4.79 Å². The molecule has 8 nitrogen and oxygen atoms in total. The summed E-state index contributed by atoms with van der Waals surface area (Å²) in [6.07, 6.45) is 6.85. The van der Waals surface area contributed by atoms with Crippen LogP contribution >= 0.6 is 0 Å². The molecule has 0 unspecified atom stereocenters.